The van der Waals surface area contributed by atoms with Crippen molar-refractivity contribution in [3.8, 4) is 0 Å². The van der Waals surface area contributed by atoms with E-state index in [0.29, 0.717) is 11.8 Å². The third-order valence-corrected chi connectivity index (χ3v) is 3.51. The molecule has 102 valence electrons. The molecule has 0 saturated carbocycles. The van der Waals surface area contributed by atoms with Gasteiger partial charge in [-0.25, -0.2) is 9.67 Å². The summed E-state index contributed by atoms with van der Waals surface area (Å²) in [4.78, 5) is 16.4. The summed E-state index contributed by atoms with van der Waals surface area (Å²) in [6.45, 7) is 3.54. The molecule has 0 N–H and O–H groups in total. The number of halogens is 3. The lowest BCUT2D eigenvalue weighted by Crippen LogP contribution is -2.26. The smallest absolute Gasteiger partial charge is 0.268 e. The third kappa shape index (κ3) is 3.01. The van der Waals surface area contributed by atoms with E-state index in [1.54, 1.807) is 13.8 Å². The standard InChI is InChI=1S/C11H10F3N3OS/c1-6-8(19-7(2)15-6)5-17-10(18)4-3-9(16-17)11(12,13)14/h3-4H,5H2,1-2H3. The molecule has 0 fully saturated rings. The summed E-state index contributed by atoms with van der Waals surface area (Å²) in [6.07, 6.45) is -4.56. The fraction of sp³-hybridized carbons (Fsp3) is 0.364. The van der Waals surface area contributed by atoms with Gasteiger partial charge < -0.3 is 0 Å². The van der Waals surface area contributed by atoms with E-state index in [2.05, 4.69) is 10.1 Å². The van der Waals surface area contributed by atoms with Crippen molar-refractivity contribution in [1.29, 1.82) is 0 Å². The minimum Gasteiger partial charge on any atom is -0.268 e. The first-order valence-electron chi connectivity index (χ1n) is 5.35. The van der Waals surface area contributed by atoms with E-state index in [1.807, 2.05) is 0 Å². The Hall–Kier alpha value is -1.70. The molecule has 0 aliphatic carbocycles. The van der Waals surface area contributed by atoms with E-state index in [4.69, 9.17) is 0 Å². The van der Waals surface area contributed by atoms with Gasteiger partial charge in [-0.2, -0.15) is 18.3 Å². The molecular formula is C11H10F3N3OS. The van der Waals surface area contributed by atoms with Crippen LogP contribution >= 0.6 is 11.3 Å². The van der Waals surface area contributed by atoms with Crippen molar-refractivity contribution in [2.75, 3.05) is 0 Å². The largest absolute Gasteiger partial charge is 0.435 e. The Kier molecular flexibility index (Phi) is 3.44. The highest BCUT2D eigenvalue weighted by atomic mass is 32.1. The number of rotatable bonds is 2. The maximum atomic E-state index is 12.5. The second kappa shape index (κ2) is 4.76. The van der Waals surface area contributed by atoms with Crippen LogP contribution in [0.1, 0.15) is 21.3 Å². The van der Waals surface area contributed by atoms with Crippen LogP contribution in [0, 0.1) is 13.8 Å². The summed E-state index contributed by atoms with van der Waals surface area (Å²) in [5.41, 5.74) is -0.946. The summed E-state index contributed by atoms with van der Waals surface area (Å²) in [5.74, 6) is 0. The van der Waals surface area contributed by atoms with Crippen LogP contribution in [0.3, 0.4) is 0 Å². The minimum absolute atomic E-state index is 0.0000926. The number of aryl methyl sites for hydroxylation is 2. The average molecular weight is 289 g/mol. The monoisotopic (exact) mass is 289 g/mol. The van der Waals surface area contributed by atoms with E-state index in [0.717, 1.165) is 20.6 Å². The minimum atomic E-state index is -4.56. The molecule has 0 aliphatic heterocycles. The predicted molar refractivity (Wildman–Crippen MR) is 64.2 cm³/mol. The Morgan fingerprint density at radius 1 is 1.32 bits per heavy atom. The highest BCUT2D eigenvalue weighted by molar-refractivity contribution is 7.11. The SMILES string of the molecule is Cc1nc(C)c(Cn2nc(C(F)(F)F)ccc2=O)s1. The summed E-state index contributed by atoms with van der Waals surface area (Å²) in [5, 5.41) is 4.15. The van der Waals surface area contributed by atoms with Crippen molar-refractivity contribution >= 4 is 11.3 Å². The zero-order valence-electron chi connectivity index (χ0n) is 10.2. The van der Waals surface area contributed by atoms with Crippen molar-refractivity contribution < 1.29 is 13.2 Å². The Balaban J connectivity index is 2.40. The van der Waals surface area contributed by atoms with Crippen LogP contribution < -0.4 is 5.56 Å². The molecule has 19 heavy (non-hydrogen) atoms. The molecule has 8 heteroatoms. The van der Waals surface area contributed by atoms with Crippen LogP contribution in [0.25, 0.3) is 0 Å². The first kappa shape index (κ1) is 13.7. The second-order valence-corrected chi connectivity index (χ2v) is 5.24. The third-order valence-electron chi connectivity index (χ3n) is 2.45. The molecule has 0 saturated heterocycles. The quantitative estimate of drug-likeness (QED) is 0.853. The maximum Gasteiger partial charge on any atom is 0.435 e. The van der Waals surface area contributed by atoms with E-state index >= 15 is 0 Å². The Bertz CT molecular complexity index is 660. The Labute approximate surface area is 110 Å². The highest BCUT2D eigenvalue weighted by Crippen LogP contribution is 2.26. The van der Waals surface area contributed by atoms with Gasteiger partial charge in [0.2, 0.25) is 0 Å². The van der Waals surface area contributed by atoms with Crippen molar-refractivity contribution in [3.05, 3.63) is 43.8 Å². The van der Waals surface area contributed by atoms with Gasteiger partial charge in [-0.05, 0) is 19.9 Å². The number of nitrogens with zero attached hydrogens (tertiary/aromatic N) is 3. The summed E-state index contributed by atoms with van der Waals surface area (Å²) < 4.78 is 38.4. The number of hydrogen-bond acceptors (Lipinski definition) is 4. The van der Waals surface area contributed by atoms with Gasteiger partial charge in [0.1, 0.15) is 0 Å². The van der Waals surface area contributed by atoms with E-state index in [9.17, 15) is 18.0 Å². The van der Waals surface area contributed by atoms with Crippen molar-refractivity contribution in [1.82, 2.24) is 14.8 Å². The predicted octanol–water partition coefficient (Wildman–Crippen LogP) is 2.38. The molecule has 0 aliphatic rings. The number of aromatic nitrogens is 3. The second-order valence-electron chi connectivity index (χ2n) is 3.95. The van der Waals surface area contributed by atoms with Gasteiger partial charge in [-0.3, -0.25) is 4.79 Å². The fourth-order valence-corrected chi connectivity index (χ4v) is 2.49. The Morgan fingerprint density at radius 3 is 2.53 bits per heavy atom. The van der Waals surface area contributed by atoms with Crippen LogP contribution in [-0.2, 0) is 12.7 Å². The van der Waals surface area contributed by atoms with Crippen LogP contribution in [0.15, 0.2) is 16.9 Å². The summed E-state index contributed by atoms with van der Waals surface area (Å²) in [7, 11) is 0. The van der Waals surface area contributed by atoms with Crippen LogP contribution in [-0.4, -0.2) is 14.8 Å². The lowest BCUT2D eigenvalue weighted by atomic mass is 10.3. The lowest BCUT2D eigenvalue weighted by Gasteiger charge is -2.08. The van der Waals surface area contributed by atoms with Crippen molar-refractivity contribution in [3.63, 3.8) is 0 Å². The van der Waals surface area contributed by atoms with E-state index in [1.165, 1.54) is 11.3 Å². The molecule has 2 aromatic rings. The highest BCUT2D eigenvalue weighted by Gasteiger charge is 2.33. The molecule has 0 radical (unpaired) electrons. The van der Waals surface area contributed by atoms with Gasteiger partial charge in [-0.1, -0.05) is 0 Å². The first-order chi connectivity index (χ1) is 8.77. The van der Waals surface area contributed by atoms with Gasteiger partial charge in [0, 0.05) is 10.9 Å². The van der Waals surface area contributed by atoms with E-state index < -0.39 is 17.4 Å². The van der Waals surface area contributed by atoms with Gasteiger partial charge in [-0.15, -0.1) is 11.3 Å². The lowest BCUT2D eigenvalue weighted by molar-refractivity contribution is -0.142. The molecular weight excluding hydrogens is 279 g/mol. The summed E-state index contributed by atoms with van der Waals surface area (Å²) >= 11 is 1.34. The molecule has 0 aromatic carbocycles. The topological polar surface area (TPSA) is 47.8 Å². The van der Waals surface area contributed by atoms with Crippen molar-refractivity contribution in [2.24, 2.45) is 0 Å². The Morgan fingerprint density at radius 2 is 2.00 bits per heavy atom. The molecule has 0 spiro atoms. The van der Waals surface area contributed by atoms with Gasteiger partial charge in [0.25, 0.3) is 5.56 Å². The van der Waals surface area contributed by atoms with Gasteiger partial charge in [0.05, 0.1) is 17.2 Å². The fourth-order valence-electron chi connectivity index (χ4n) is 1.57. The van der Waals surface area contributed by atoms with E-state index in [-0.39, 0.29) is 6.54 Å². The molecule has 4 nitrogen and oxygen atoms in total. The molecule has 2 aromatic heterocycles. The molecule has 0 amide bonds. The zero-order valence-corrected chi connectivity index (χ0v) is 11.0. The normalized spacial score (nSPS) is 11.8. The number of alkyl halides is 3. The van der Waals surface area contributed by atoms with Crippen molar-refractivity contribution in [2.45, 2.75) is 26.6 Å². The van der Waals surface area contributed by atoms with Gasteiger partial charge in [0.15, 0.2) is 5.69 Å². The number of hydrogen-bond donors (Lipinski definition) is 0. The molecule has 2 heterocycles. The maximum absolute atomic E-state index is 12.5. The van der Waals surface area contributed by atoms with Crippen LogP contribution in [0.4, 0.5) is 13.2 Å². The molecule has 2 rings (SSSR count). The molecule has 0 atom stereocenters. The van der Waals surface area contributed by atoms with Gasteiger partial charge >= 0.3 is 6.18 Å². The molecule has 0 unspecified atom stereocenters. The number of thiazole rings is 1. The van der Waals surface area contributed by atoms with Crippen LogP contribution in [0.2, 0.25) is 0 Å². The first-order valence-corrected chi connectivity index (χ1v) is 6.17. The summed E-state index contributed by atoms with van der Waals surface area (Å²) in [6, 6.07) is 1.56. The average Bonchev–Trinajstić information content (AvgIpc) is 2.59. The van der Waals surface area contributed by atoms with Crippen LogP contribution in [0.5, 0.6) is 0 Å². The zero-order chi connectivity index (χ0) is 14.2. The molecule has 0 bridgehead atoms.